The summed E-state index contributed by atoms with van der Waals surface area (Å²) in [6, 6.07) is 12.3. The van der Waals surface area contributed by atoms with Crippen molar-refractivity contribution in [1.82, 2.24) is 14.5 Å². The smallest absolute Gasteiger partial charge is 0.241 e. The van der Waals surface area contributed by atoms with Gasteiger partial charge in [0.1, 0.15) is 0 Å². The molecule has 1 N–H and O–H groups in total. The van der Waals surface area contributed by atoms with Crippen LogP contribution >= 0.6 is 27.3 Å². The molecular weight excluding hydrogens is 398 g/mol. The van der Waals surface area contributed by atoms with Crippen LogP contribution in [0.15, 0.2) is 69.6 Å². The first-order valence-electron chi connectivity index (χ1n) is 6.84. The van der Waals surface area contributed by atoms with Gasteiger partial charge in [-0.25, -0.2) is 13.1 Å². The second-order valence-electron chi connectivity index (χ2n) is 4.80. The van der Waals surface area contributed by atoms with E-state index in [0.29, 0.717) is 4.47 Å². The molecule has 120 valence electrons. The van der Waals surface area contributed by atoms with Gasteiger partial charge in [0.05, 0.1) is 10.9 Å². The fourth-order valence-corrected chi connectivity index (χ4v) is 5.06. The van der Waals surface area contributed by atoms with Crippen molar-refractivity contribution in [3.63, 3.8) is 0 Å². The summed E-state index contributed by atoms with van der Waals surface area (Å²) >= 11 is 4.86. The third-order valence-corrected chi connectivity index (χ3v) is 6.72. The Morgan fingerprint density at radius 3 is 2.70 bits per heavy atom. The molecule has 3 rings (SSSR count). The molecule has 2 heterocycles. The quantitative estimate of drug-likeness (QED) is 0.676. The van der Waals surface area contributed by atoms with Gasteiger partial charge in [0, 0.05) is 28.3 Å². The number of nitrogens with zero attached hydrogens (tertiary/aromatic N) is 2. The van der Waals surface area contributed by atoms with E-state index in [9.17, 15) is 8.42 Å². The molecule has 0 amide bonds. The van der Waals surface area contributed by atoms with Crippen molar-refractivity contribution in [2.75, 3.05) is 6.54 Å². The van der Waals surface area contributed by atoms with Gasteiger partial charge in [-0.3, -0.25) is 4.68 Å². The summed E-state index contributed by atoms with van der Waals surface area (Å²) < 4.78 is 30.0. The van der Waals surface area contributed by atoms with Gasteiger partial charge in [0.15, 0.2) is 0 Å². The van der Waals surface area contributed by atoms with Crippen LogP contribution < -0.4 is 4.72 Å². The second-order valence-corrected chi connectivity index (χ2v) is 8.37. The number of hydrogen-bond donors (Lipinski definition) is 1. The minimum Gasteiger partial charge on any atom is -0.263 e. The monoisotopic (exact) mass is 411 g/mol. The van der Waals surface area contributed by atoms with Crippen LogP contribution in [0.3, 0.4) is 0 Å². The first kappa shape index (κ1) is 16.4. The Hall–Kier alpha value is -1.48. The van der Waals surface area contributed by atoms with Gasteiger partial charge in [0.25, 0.3) is 0 Å². The standard InChI is InChI=1S/C15H14BrN3O2S2/c16-12-5-1-2-7-15(12)23(20,21)18-11-13(14-6-3-10-22-14)19-9-4-8-17-19/h1-10,13,18H,11H2. The van der Waals surface area contributed by atoms with E-state index < -0.39 is 10.0 Å². The summed E-state index contributed by atoms with van der Waals surface area (Å²) in [5.41, 5.74) is 0. The number of nitrogens with one attached hydrogen (secondary N) is 1. The maximum absolute atomic E-state index is 12.5. The second kappa shape index (κ2) is 6.96. The lowest BCUT2D eigenvalue weighted by Crippen LogP contribution is -2.31. The lowest BCUT2D eigenvalue weighted by molar-refractivity contribution is 0.511. The van der Waals surface area contributed by atoms with Gasteiger partial charge in [-0.1, -0.05) is 18.2 Å². The van der Waals surface area contributed by atoms with Gasteiger partial charge >= 0.3 is 0 Å². The van der Waals surface area contributed by atoms with Crippen molar-refractivity contribution in [2.45, 2.75) is 10.9 Å². The number of hydrogen-bond acceptors (Lipinski definition) is 4. The van der Waals surface area contributed by atoms with Crippen LogP contribution in [0.5, 0.6) is 0 Å². The molecule has 0 saturated heterocycles. The van der Waals surface area contributed by atoms with Gasteiger partial charge in [-0.2, -0.15) is 5.10 Å². The molecule has 5 nitrogen and oxygen atoms in total. The zero-order chi connectivity index (χ0) is 16.3. The van der Waals surface area contributed by atoms with Crippen molar-refractivity contribution in [1.29, 1.82) is 0 Å². The molecule has 0 fully saturated rings. The highest BCUT2D eigenvalue weighted by Crippen LogP contribution is 2.24. The highest BCUT2D eigenvalue weighted by molar-refractivity contribution is 9.10. The molecule has 2 aromatic heterocycles. The van der Waals surface area contributed by atoms with E-state index in [0.717, 1.165) is 4.88 Å². The first-order valence-corrected chi connectivity index (χ1v) is 10.0. The number of thiophene rings is 1. The van der Waals surface area contributed by atoms with Crippen LogP contribution in [0.1, 0.15) is 10.9 Å². The van der Waals surface area contributed by atoms with Crippen molar-refractivity contribution in [3.05, 3.63) is 69.6 Å². The van der Waals surface area contributed by atoms with Crippen LogP contribution in [0.4, 0.5) is 0 Å². The Labute approximate surface area is 147 Å². The molecule has 0 saturated carbocycles. The van der Waals surface area contributed by atoms with Crippen LogP contribution in [0.25, 0.3) is 0 Å². The predicted molar refractivity (Wildman–Crippen MR) is 94.0 cm³/mol. The molecule has 1 aromatic carbocycles. The Bertz CT molecular complexity index is 828. The molecule has 23 heavy (non-hydrogen) atoms. The Balaban J connectivity index is 1.84. The topological polar surface area (TPSA) is 64.0 Å². The lowest BCUT2D eigenvalue weighted by Gasteiger charge is -2.17. The summed E-state index contributed by atoms with van der Waals surface area (Å²) in [6.07, 6.45) is 3.51. The molecule has 0 aliphatic rings. The van der Waals surface area contributed by atoms with Crippen LogP contribution in [-0.2, 0) is 10.0 Å². The van der Waals surface area contributed by atoms with Crippen molar-refractivity contribution < 1.29 is 8.42 Å². The third-order valence-electron chi connectivity index (χ3n) is 3.31. The fraction of sp³-hybridized carbons (Fsp3) is 0.133. The van der Waals surface area contributed by atoms with Crippen LogP contribution in [0.2, 0.25) is 0 Å². The number of sulfonamides is 1. The molecule has 0 aliphatic heterocycles. The Morgan fingerprint density at radius 1 is 1.22 bits per heavy atom. The highest BCUT2D eigenvalue weighted by atomic mass is 79.9. The maximum Gasteiger partial charge on any atom is 0.241 e. The summed E-state index contributed by atoms with van der Waals surface area (Å²) in [6.45, 7) is 0.228. The molecular formula is C15H14BrN3O2S2. The van der Waals surface area contributed by atoms with Gasteiger partial charge in [0.2, 0.25) is 10.0 Å². The largest absolute Gasteiger partial charge is 0.263 e. The fourth-order valence-electron chi connectivity index (χ4n) is 2.20. The van der Waals surface area contributed by atoms with Gasteiger partial charge in [-0.05, 0) is 45.6 Å². The van der Waals surface area contributed by atoms with Crippen molar-refractivity contribution >= 4 is 37.3 Å². The Morgan fingerprint density at radius 2 is 2.04 bits per heavy atom. The molecule has 0 spiro atoms. The average molecular weight is 412 g/mol. The number of halogens is 1. The SMILES string of the molecule is O=S(=O)(NCC(c1cccs1)n1cccn1)c1ccccc1Br. The van der Waals surface area contributed by atoms with E-state index in [1.807, 2.05) is 29.8 Å². The van der Waals surface area contributed by atoms with E-state index in [-0.39, 0.29) is 17.5 Å². The minimum absolute atomic E-state index is 0.178. The van der Waals surface area contributed by atoms with E-state index in [4.69, 9.17) is 0 Å². The van der Waals surface area contributed by atoms with Gasteiger partial charge in [-0.15, -0.1) is 11.3 Å². The van der Waals surface area contributed by atoms with Crippen molar-refractivity contribution in [2.24, 2.45) is 0 Å². The predicted octanol–water partition coefficient (Wildman–Crippen LogP) is 3.28. The zero-order valence-corrected chi connectivity index (χ0v) is 15.2. The summed E-state index contributed by atoms with van der Waals surface area (Å²) in [4.78, 5) is 1.27. The molecule has 1 unspecified atom stereocenters. The maximum atomic E-state index is 12.5. The molecule has 8 heteroatoms. The lowest BCUT2D eigenvalue weighted by atomic mass is 10.2. The molecule has 1 atom stereocenters. The van der Waals surface area contributed by atoms with Crippen molar-refractivity contribution in [3.8, 4) is 0 Å². The summed E-state index contributed by atoms with van der Waals surface area (Å²) in [7, 11) is -3.60. The summed E-state index contributed by atoms with van der Waals surface area (Å²) in [5.74, 6) is 0. The number of benzene rings is 1. The van der Waals surface area contributed by atoms with E-state index in [1.54, 1.807) is 46.5 Å². The van der Waals surface area contributed by atoms with Crippen LogP contribution in [-0.4, -0.2) is 24.7 Å². The minimum atomic E-state index is -3.60. The third kappa shape index (κ3) is 3.72. The van der Waals surface area contributed by atoms with Crippen LogP contribution in [0, 0.1) is 0 Å². The number of aromatic nitrogens is 2. The molecule has 3 aromatic rings. The zero-order valence-electron chi connectivity index (χ0n) is 12.0. The van der Waals surface area contributed by atoms with E-state index >= 15 is 0 Å². The number of rotatable bonds is 6. The summed E-state index contributed by atoms with van der Waals surface area (Å²) in [5, 5.41) is 6.21. The normalized spacial score (nSPS) is 13.1. The Kier molecular flexibility index (Phi) is 4.96. The van der Waals surface area contributed by atoms with E-state index in [1.165, 1.54) is 0 Å². The molecule has 0 bridgehead atoms. The first-order chi connectivity index (χ1) is 11.1. The molecule has 0 radical (unpaired) electrons. The molecule has 0 aliphatic carbocycles. The average Bonchev–Trinajstić information content (AvgIpc) is 3.21. The highest BCUT2D eigenvalue weighted by Gasteiger charge is 2.21. The van der Waals surface area contributed by atoms with E-state index in [2.05, 4.69) is 25.8 Å². The van der Waals surface area contributed by atoms with Gasteiger partial charge < -0.3 is 0 Å².